The first-order chi connectivity index (χ1) is 9.31. The molecule has 1 N–H and O–H groups in total. The van der Waals surface area contributed by atoms with Crippen molar-refractivity contribution in [3.8, 4) is 0 Å². The van der Waals surface area contributed by atoms with Crippen LogP contribution < -0.4 is 5.32 Å². The van der Waals surface area contributed by atoms with Crippen LogP contribution in [0.15, 0.2) is 24.3 Å². The Balaban J connectivity index is 1.80. The van der Waals surface area contributed by atoms with Crippen LogP contribution >= 0.6 is 11.8 Å². The smallest absolute Gasteiger partial charge is 0.0510 e. The largest absolute Gasteiger partial charge is 0.381 e. The molecule has 1 fully saturated rings. The van der Waals surface area contributed by atoms with Gasteiger partial charge in [-0.3, -0.25) is 0 Å². The molecule has 2 rings (SSSR count). The fourth-order valence-electron chi connectivity index (χ4n) is 2.56. The molecule has 0 saturated carbocycles. The zero-order valence-corrected chi connectivity index (χ0v) is 12.8. The van der Waals surface area contributed by atoms with Crippen LogP contribution in [0.2, 0.25) is 0 Å². The van der Waals surface area contributed by atoms with Crippen LogP contribution in [0.25, 0.3) is 0 Å². The Bertz CT molecular complexity index is 377. The Morgan fingerprint density at radius 1 is 1.42 bits per heavy atom. The molecule has 1 aromatic rings. The molecule has 2 nitrogen and oxygen atoms in total. The summed E-state index contributed by atoms with van der Waals surface area (Å²) in [5.41, 5.74) is 2.87. The predicted octanol–water partition coefficient (Wildman–Crippen LogP) is 3.24. The molecule has 1 aliphatic heterocycles. The lowest BCUT2D eigenvalue weighted by atomic mass is 10.0. The Morgan fingerprint density at radius 3 is 2.95 bits per heavy atom. The van der Waals surface area contributed by atoms with Gasteiger partial charge in [0.25, 0.3) is 0 Å². The maximum atomic E-state index is 5.52. The molecule has 3 heteroatoms. The highest BCUT2D eigenvalue weighted by Crippen LogP contribution is 2.22. The molecular formula is C16H25NOS. The number of rotatable bonds is 7. The second-order valence-electron chi connectivity index (χ2n) is 5.23. The number of hydrogen-bond acceptors (Lipinski definition) is 3. The average Bonchev–Trinajstić information content (AvgIpc) is 2.94. The molecule has 0 aromatic heterocycles. The monoisotopic (exact) mass is 279 g/mol. The Labute approximate surface area is 121 Å². The van der Waals surface area contributed by atoms with Crippen molar-refractivity contribution in [3.05, 3.63) is 35.4 Å². The van der Waals surface area contributed by atoms with Gasteiger partial charge in [0.2, 0.25) is 0 Å². The molecule has 0 aliphatic carbocycles. The van der Waals surface area contributed by atoms with E-state index in [4.69, 9.17) is 4.74 Å². The minimum Gasteiger partial charge on any atom is -0.381 e. The summed E-state index contributed by atoms with van der Waals surface area (Å²) in [4.78, 5) is 0. The Hall–Kier alpha value is -0.510. The van der Waals surface area contributed by atoms with Gasteiger partial charge >= 0.3 is 0 Å². The van der Waals surface area contributed by atoms with Gasteiger partial charge in [0.1, 0.15) is 0 Å². The van der Waals surface area contributed by atoms with Crippen molar-refractivity contribution in [3.63, 3.8) is 0 Å². The van der Waals surface area contributed by atoms with Gasteiger partial charge in [-0.2, -0.15) is 11.8 Å². The fraction of sp³-hybridized carbons (Fsp3) is 0.625. The number of hydrogen-bond donors (Lipinski definition) is 1. The van der Waals surface area contributed by atoms with Gasteiger partial charge in [-0.25, -0.2) is 0 Å². The van der Waals surface area contributed by atoms with Crippen molar-refractivity contribution >= 4 is 11.8 Å². The second-order valence-corrected chi connectivity index (χ2v) is 6.26. The van der Waals surface area contributed by atoms with E-state index in [2.05, 4.69) is 43.4 Å². The van der Waals surface area contributed by atoms with Crippen LogP contribution in [0.5, 0.6) is 0 Å². The van der Waals surface area contributed by atoms with Gasteiger partial charge in [0.15, 0.2) is 0 Å². The lowest BCUT2D eigenvalue weighted by Crippen LogP contribution is -2.38. The topological polar surface area (TPSA) is 21.3 Å². The van der Waals surface area contributed by atoms with Crippen molar-refractivity contribution in [2.24, 2.45) is 5.92 Å². The highest BCUT2D eigenvalue weighted by Gasteiger charge is 2.24. The molecule has 19 heavy (non-hydrogen) atoms. The van der Waals surface area contributed by atoms with Crippen LogP contribution in [0.3, 0.4) is 0 Å². The molecule has 1 aromatic carbocycles. The first-order valence-electron chi connectivity index (χ1n) is 7.24. The van der Waals surface area contributed by atoms with E-state index in [1.807, 2.05) is 11.8 Å². The van der Waals surface area contributed by atoms with E-state index in [-0.39, 0.29) is 0 Å². The van der Waals surface area contributed by atoms with Crippen LogP contribution in [-0.2, 0) is 10.5 Å². The van der Waals surface area contributed by atoms with Gasteiger partial charge in [0, 0.05) is 30.1 Å². The van der Waals surface area contributed by atoms with E-state index in [1.165, 1.54) is 23.3 Å². The maximum Gasteiger partial charge on any atom is 0.0510 e. The van der Waals surface area contributed by atoms with Crippen LogP contribution in [0, 0.1) is 12.8 Å². The summed E-state index contributed by atoms with van der Waals surface area (Å²) < 4.78 is 5.52. The molecule has 0 bridgehead atoms. The lowest BCUT2D eigenvalue weighted by molar-refractivity contribution is 0.179. The zero-order chi connectivity index (χ0) is 13.5. The van der Waals surface area contributed by atoms with Crippen molar-refractivity contribution in [1.29, 1.82) is 0 Å². The fourth-order valence-corrected chi connectivity index (χ4v) is 3.87. The molecule has 106 valence electrons. The van der Waals surface area contributed by atoms with E-state index in [0.29, 0.717) is 12.0 Å². The minimum absolute atomic E-state index is 0.599. The number of benzene rings is 1. The first kappa shape index (κ1) is 14.9. The Morgan fingerprint density at radius 2 is 2.26 bits per heavy atom. The SMILES string of the molecule is CCNC(CSCc1ccccc1C)C1CCOC1. The van der Waals surface area contributed by atoms with Crippen molar-refractivity contribution < 1.29 is 4.74 Å². The normalized spacial score (nSPS) is 20.6. The molecule has 1 aliphatic rings. The second kappa shape index (κ2) is 7.93. The summed E-state index contributed by atoms with van der Waals surface area (Å²) in [5.74, 6) is 2.99. The van der Waals surface area contributed by atoms with Crippen molar-refractivity contribution in [1.82, 2.24) is 5.32 Å². The number of nitrogens with one attached hydrogen (secondary N) is 1. The average molecular weight is 279 g/mol. The minimum atomic E-state index is 0.599. The third kappa shape index (κ3) is 4.51. The summed E-state index contributed by atoms with van der Waals surface area (Å²) in [6, 6.07) is 9.28. The van der Waals surface area contributed by atoms with Crippen LogP contribution in [0.1, 0.15) is 24.5 Å². The van der Waals surface area contributed by atoms with Gasteiger partial charge in [-0.1, -0.05) is 31.2 Å². The summed E-state index contributed by atoms with van der Waals surface area (Å²) in [6.45, 7) is 7.31. The molecule has 0 spiro atoms. The molecule has 1 heterocycles. The van der Waals surface area contributed by atoms with Crippen molar-refractivity contribution in [2.45, 2.75) is 32.1 Å². The van der Waals surface area contributed by atoms with E-state index in [9.17, 15) is 0 Å². The van der Waals surface area contributed by atoms with E-state index < -0.39 is 0 Å². The molecule has 2 atom stereocenters. The quantitative estimate of drug-likeness (QED) is 0.828. The van der Waals surface area contributed by atoms with Crippen LogP contribution in [-0.4, -0.2) is 31.6 Å². The van der Waals surface area contributed by atoms with E-state index in [0.717, 1.165) is 25.5 Å². The zero-order valence-electron chi connectivity index (χ0n) is 12.0. The standard InChI is InChI=1S/C16H25NOS/c1-3-17-16(14-8-9-18-10-14)12-19-11-15-7-5-4-6-13(15)2/h4-7,14,16-17H,3,8-12H2,1-2H3. The van der Waals surface area contributed by atoms with Gasteiger partial charge in [-0.05, 0) is 31.0 Å². The number of aryl methyl sites for hydroxylation is 1. The predicted molar refractivity (Wildman–Crippen MR) is 83.7 cm³/mol. The third-order valence-corrected chi connectivity index (χ3v) is 4.93. The van der Waals surface area contributed by atoms with Crippen molar-refractivity contribution in [2.75, 3.05) is 25.5 Å². The number of thioether (sulfide) groups is 1. The molecular weight excluding hydrogens is 254 g/mol. The highest BCUT2D eigenvalue weighted by atomic mass is 32.2. The van der Waals surface area contributed by atoms with Gasteiger partial charge < -0.3 is 10.1 Å². The summed E-state index contributed by atoms with van der Waals surface area (Å²) in [6.07, 6.45) is 1.21. The highest BCUT2D eigenvalue weighted by molar-refractivity contribution is 7.98. The lowest BCUT2D eigenvalue weighted by Gasteiger charge is -2.23. The Kier molecular flexibility index (Phi) is 6.21. The first-order valence-corrected chi connectivity index (χ1v) is 8.40. The third-order valence-electron chi connectivity index (χ3n) is 3.82. The molecule has 0 amide bonds. The van der Waals surface area contributed by atoms with Gasteiger partial charge in [-0.15, -0.1) is 0 Å². The van der Waals surface area contributed by atoms with Gasteiger partial charge in [0.05, 0.1) is 6.61 Å². The summed E-state index contributed by atoms with van der Waals surface area (Å²) in [5, 5.41) is 3.62. The molecule has 0 radical (unpaired) electrons. The van der Waals surface area contributed by atoms with Crippen LogP contribution in [0.4, 0.5) is 0 Å². The molecule has 2 unspecified atom stereocenters. The summed E-state index contributed by atoms with van der Waals surface area (Å²) >= 11 is 2.04. The van der Waals surface area contributed by atoms with E-state index in [1.54, 1.807) is 0 Å². The van der Waals surface area contributed by atoms with E-state index >= 15 is 0 Å². The maximum absolute atomic E-state index is 5.52. The number of ether oxygens (including phenoxy) is 1. The summed E-state index contributed by atoms with van der Waals surface area (Å²) in [7, 11) is 0. The molecule has 1 saturated heterocycles.